The highest BCUT2D eigenvalue weighted by atomic mass is 35.5. The minimum atomic E-state index is -0.284. The summed E-state index contributed by atoms with van der Waals surface area (Å²) in [6, 6.07) is 13.1. The Hall–Kier alpha value is -2.22. The maximum atomic E-state index is 12.4. The number of anilines is 1. The minimum Gasteiger partial charge on any atom is -0.483 e. The molecule has 1 N–H and O–H groups in total. The number of aromatic nitrogens is 3. The van der Waals surface area contributed by atoms with Gasteiger partial charge >= 0.3 is 0 Å². The molecule has 31 heavy (non-hydrogen) atoms. The van der Waals surface area contributed by atoms with E-state index in [1.54, 1.807) is 18.2 Å². The van der Waals surface area contributed by atoms with Crippen LogP contribution in [0.15, 0.2) is 47.6 Å². The van der Waals surface area contributed by atoms with Gasteiger partial charge in [0.1, 0.15) is 5.75 Å². The van der Waals surface area contributed by atoms with Crippen LogP contribution >= 0.6 is 35.0 Å². The molecule has 0 fully saturated rings. The van der Waals surface area contributed by atoms with Crippen molar-refractivity contribution in [3.63, 3.8) is 0 Å². The van der Waals surface area contributed by atoms with E-state index < -0.39 is 0 Å². The van der Waals surface area contributed by atoms with Crippen LogP contribution in [0.2, 0.25) is 10.0 Å². The van der Waals surface area contributed by atoms with E-state index >= 15 is 0 Å². The van der Waals surface area contributed by atoms with Crippen LogP contribution in [-0.4, -0.2) is 26.4 Å². The summed E-state index contributed by atoms with van der Waals surface area (Å²) in [5.41, 5.74) is 1.74. The summed E-state index contributed by atoms with van der Waals surface area (Å²) in [5.74, 6) is 1.45. The molecule has 0 spiro atoms. The first-order valence-electron chi connectivity index (χ1n) is 9.98. The van der Waals surface area contributed by atoms with Gasteiger partial charge in [0.05, 0.1) is 21.5 Å². The van der Waals surface area contributed by atoms with Gasteiger partial charge in [-0.2, -0.15) is 0 Å². The van der Waals surface area contributed by atoms with Gasteiger partial charge in [-0.3, -0.25) is 4.79 Å². The number of halogens is 2. The Balaban J connectivity index is 1.63. The van der Waals surface area contributed by atoms with Crippen molar-refractivity contribution in [1.82, 2.24) is 14.8 Å². The second-order valence-corrected chi connectivity index (χ2v) is 8.51. The number of nitrogens with one attached hydrogen (secondary N) is 1. The van der Waals surface area contributed by atoms with Gasteiger partial charge in [0, 0.05) is 6.54 Å². The van der Waals surface area contributed by atoms with Gasteiger partial charge in [0.2, 0.25) is 5.91 Å². The van der Waals surface area contributed by atoms with Gasteiger partial charge < -0.3 is 14.6 Å². The number of carbonyl (C=O) groups excluding carboxylic acids is 1. The number of hydrogen-bond acceptors (Lipinski definition) is 5. The number of ether oxygens (including phenoxy) is 1. The van der Waals surface area contributed by atoms with Gasteiger partial charge in [0.15, 0.2) is 17.1 Å². The molecule has 0 aliphatic carbocycles. The SMILES string of the molecule is CCc1ccc(O[C@H](C)c2nnc(SCC(=O)Nc3cccc(Cl)c3Cl)n2CC)cc1. The second kappa shape index (κ2) is 10.9. The molecule has 0 bridgehead atoms. The Morgan fingerprint density at radius 2 is 1.90 bits per heavy atom. The van der Waals surface area contributed by atoms with Crippen molar-refractivity contribution in [3.8, 4) is 5.75 Å². The summed E-state index contributed by atoms with van der Waals surface area (Å²) in [6.45, 7) is 6.72. The summed E-state index contributed by atoms with van der Waals surface area (Å²) in [7, 11) is 0. The number of amides is 1. The third kappa shape index (κ3) is 5.93. The number of benzene rings is 2. The molecule has 1 atom stereocenters. The van der Waals surface area contributed by atoms with Gasteiger partial charge in [-0.05, 0) is 50.1 Å². The largest absolute Gasteiger partial charge is 0.483 e. The summed E-state index contributed by atoms with van der Waals surface area (Å²) in [6.07, 6.45) is 0.700. The Morgan fingerprint density at radius 3 is 2.58 bits per heavy atom. The van der Waals surface area contributed by atoms with Crippen LogP contribution in [-0.2, 0) is 17.8 Å². The monoisotopic (exact) mass is 478 g/mol. The van der Waals surface area contributed by atoms with Gasteiger partial charge in [-0.15, -0.1) is 10.2 Å². The molecule has 2 aromatic carbocycles. The lowest BCUT2D eigenvalue weighted by atomic mass is 10.2. The fraction of sp³-hybridized carbons (Fsp3) is 0.318. The zero-order valence-electron chi connectivity index (χ0n) is 17.6. The van der Waals surface area contributed by atoms with Crippen molar-refractivity contribution in [2.75, 3.05) is 11.1 Å². The molecule has 3 aromatic rings. The van der Waals surface area contributed by atoms with Gasteiger partial charge in [-0.25, -0.2) is 0 Å². The fourth-order valence-electron chi connectivity index (χ4n) is 2.98. The lowest BCUT2D eigenvalue weighted by Crippen LogP contribution is -2.15. The Kier molecular flexibility index (Phi) is 8.23. The summed E-state index contributed by atoms with van der Waals surface area (Å²) >= 11 is 13.4. The lowest BCUT2D eigenvalue weighted by molar-refractivity contribution is -0.113. The van der Waals surface area contributed by atoms with Crippen LogP contribution in [0.1, 0.15) is 38.3 Å². The molecular weight excluding hydrogens is 455 g/mol. The standard InChI is InChI=1S/C22H24Cl2N4O2S/c1-4-15-9-11-16(12-10-15)30-14(3)21-26-27-22(28(21)5-2)31-13-19(29)25-18-8-6-7-17(23)20(18)24/h6-12,14H,4-5,13H2,1-3H3,(H,25,29)/t14-/m1/s1. The van der Waals surface area contributed by atoms with E-state index in [0.29, 0.717) is 33.3 Å². The first-order valence-corrected chi connectivity index (χ1v) is 11.7. The molecule has 164 valence electrons. The van der Waals surface area contributed by atoms with Crippen molar-refractivity contribution in [3.05, 3.63) is 63.9 Å². The maximum Gasteiger partial charge on any atom is 0.234 e. The first-order chi connectivity index (χ1) is 14.9. The first kappa shape index (κ1) is 23.4. The Morgan fingerprint density at radius 1 is 1.16 bits per heavy atom. The highest BCUT2D eigenvalue weighted by Crippen LogP contribution is 2.30. The third-order valence-electron chi connectivity index (χ3n) is 4.63. The molecule has 9 heteroatoms. The third-order valence-corrected chi connectivity index (χ3v) is 6.41. The van der Waals surface area contributed by atoms with E-state index in [0.717, 1.165) is 12.2 Å². The van der Waals surface area contributed by atoms with Crippen molar-refractivity contribution < 1.29 is 9.53 Å². The minimum absolute atomic E-state index is 0.161. The zero-order valence-corrected chi connectivity index (χ0v) is 19.9. The number of carbonyl (C=O) groups is 1. The van der Waals surface area contributed by atoms with Crippen molar-refractivity contribution in [2.45, 2.75) is 45.0 Å². The summed E-state index contributed by atoms with van der Waals surface area (Å²) in [4.78, 5) is 12.4. The molecule has 6 nitrogen and oxygen atoms in total. The Labute approximate surface area is 196 Å². The van der Waals surface area contributed by atoms with E-state index in [1.807, 2.05) is 30.5 Å². The van der Waals surface area contributed by atoms with Crippen LogP contribution in [0.3, 0.4) is 0 Å². The molecule has 0 saturated carbocycles. The molecule has 0 aliphatic heterocycles. The Bertz CT molecular complexity index is 1040. The normalized spacial score (nSPS) is 11.9. The molecule has 1 amide bonds. The number of hydrogen-bond donors (Lipinski definition) is 1. The summed E-state index contributed by atoms with van der Waals surface area (Å²) in [5, 5.41) is 12.7. The lowest BCUT2D eigenvalue weighted by Gasteiger charge is -2.16. The number of thioether (sulfide) groups is 1. The number of aryl methyl sites for hydroxylation is 1. The van der Waals surface area contributed by atoms with Crippen molar-refractivity contribution in [1.29, 1.82) is 0 Å². The molecule has 0 unspecified atom stereocenters. The quantitative estimate of drug-likeness (QED) is 0.379. The molecule has 3 rings (SSSR count). The average Bonchev–Trinajstić information content (AvgIpc) is 3.19. The average molecular weight is 479 g/mol. The predicted molar refractivity (Wildman–Crippen MR) is 126 cm³/mol. The van der Waals surface area contributed by atoms with E-state index in [9.17, 15) is 4.79 Å². The molecule has 0 radical (unpaired) electrons. The van der Waals surface area contributed by atoms with Crippen LogP contribution in [0.4, 0.5) is 5.69 Å². The smallest absolute Gasteiger partial charge is 0.234 e. The van der Waals surface area contributed by atoms with Crippen LogP contribution in [0.5, 0.6) is 5.75 Å². The predicted octanol–water partition coefficient (Wildman–Crippen LogP) is 6.04. The van der Waals surface area contributed by atoms with Crippen LogP contribution in [0.25, 0.3) is 0 Å². The molecular formula is C22H24Cl2N4O2S. The zero-order chi connectivity index (χ0) is 22.4. The number of nitrogens with zero attached hydrogens (tertiary/aromatic N) is 3. The highest BCUT2D eigenvalue weighted by Gasteiger charge is 2.19. The second-order valence-electron chi connectivity index (χ2n) is 6.78. The highest BCUT2D eigenvalue weighted by molar-refractivity contribution is 7.99. The molecule has 0 saturated heterocycles. The maximum absolute atomic E-state index is 12.4. The van der Waals surface area contributed by atoms with Crippen LogP contribution < -0.4 is 10.1 Å². The van der Waals surface area contributed by atoms with Gasteiger partial charge in [0.25, 0.3) is 0 Å². The van der Waals surface area contributed by atoms with E-state index in [1.165, 1.54) is 17.3 Å². The molecule has 0 aliphatic rings. The van der Waals surface area contributed by atoms with E-state index in [4.69, 9.17) is 27.9 Å². The van der Waals surface area contributed by atoms with Crippen LogP contribution in [0, 0.1) is 0 Å². The molecule has 1 aromatic heterocycles. The van der Waals surface area contributed by atoms with Crippen molar-refractivity contribution in [2.24, 2.45) is 0 Å². The van der Waals surface area contributed by atoms with E-state index in [2.05, 4.69) is 34.6 Å². The number of rotatable bonds is 9. The fourth-order valence-corrected chi connectivity index (χ4v) is 4.14. The topological polar surface area (TPSA) is 69.0 Å². The van der Waals surface area contributed by atoms with E-state index in [-0.39, 0.29) is 17.8 Å². The molecule has 1 heterocycles. The summed E-state index contributed by atoms with van der Waals surface area (Å²) < 4.78 is 8.00. The van der Waals surface area contributed by atoms with Crippen molar-refractivity contribution >= 4 is 46.6 Å². The van der Waals surface area contributed by atoms with Gasteiger partial charge in [-0.1, -0.05) is 60.1 Å².